The number of hydrogen-bond donors (Lipinski definition) is 2. The van der Waals surface area contributed by atoms with E-state index < -0.39 is 12.0 Å². The lowest BCUT2D eigenvalue weighted by molar-refractivity contribution is -0.142. The van der Waals surface area contributed by atoms with Crippen molar-refractivity contribution >= 4 is 11.9 Å². The molecule has 2 aromatic rings. The highest BCUT2D eigenvalue weighted by Crippen LogP contribution is 2.17. The Labute approximate surface area is 140 Å². The van der Waals surface area contributed by atoms with E-state index in [2.05, 4.69) is 15.5 Å². The molecule has 2 rings (SSSR count). The van der Waals surface area contributed by atoms with Crippen LogP contribution in [0.15, 0.2) is 34.7 Å². The number of amides is 1. The summed E-state index contributed by atoms with van der Waals surface area (Å²) in [4.78, 5) is 23.0. The number of nitrogens with zero attached hydrogens (tertiary/aromatic N) is 2. The number of nitrogens with one attached hydrogen (secondary N) is 1. The van der Waals surface area contributed by atoms with Crippen LogP contribution in [0.1, 0.15) is 38.5 Å². The molecule has 128 valence electrons. The summed E-state index contributed by atoms with van der Waals surface area (Å²) in [6.07, 6.45) is 2.43. The number of aromatic nitrogens is 2. The Balaban J connectivity index is 1.85. The molecule has 7 heteroatoms. The molecule has 0 bridgehead atoms. The maximum absolute atomic E-state index is 11.9. The molecule has 0 saturated heterocycles. The first-order valence-electron chi connectivity index (χ1n) is 8.00. The van der Waals surface area contributed by atoms with Crippen LogP contribution in [0.2, 0.25) is 0 Å². The molecule has 0 spiro atoms. The van der Waals surface area contributed by atoms with Crippen LogP contribution >= 0.6 is 0 Å². The predicted octanol–water partition coefficient (Wildman–Crippen LogP) is 2.43. The number of aliphatic carboxylic acids is 1. The summed E-state index contributed by atoms with van der Waals surface area (Å²) in [7, 11) is 0. The lowest BCUT2D eigenvalue weighted by Gasteiger charge is -2.13. The van der Waals surface area contributed by atoms with Crippen LogP contribution in [0.3, 0.4) is 0 Å². The normalized spacial score (nSPS) is 11.9. The van der Waals surface area contributed by atoms with Crippen molar-refractivity contribution in [2.24, 2.45) is 0 Å². The predicted molar refractivity (Wildman–Crippen MR) is 87.1 cm³/mol. The Kier molecular flexibility index (Phi) is 6.48. The lowest BCUT2D eigenvalue weighted by Crippen LogP contribution is -2.40. The molecule has 0 aliphatic heterocycles. The van der Waals surface area contributed by atoms with E-state index in [1.54, 1.807) is 0 Å². The van der Waals surface area contributed by atoms with E-state index in [0.717, 1.165) is 18.4 Å². The molecule has 1 aromatic carbocycles. The first-order valence-corrected chi connectivity index (χ1v) is 8.00. The first-order chi connectivity index (χ1) is 11.6. The van der Waals surface area contributed by atoms with Gasteiger partial charge in [-0.2, -0.15) is 0 Å². The van der Waals surface area contributed by atoms with Crippen LogP contribution in [0.4, 0.5) is 0 Å². The van der Waals surface area contributed by atoms with Crippen molar-refractivity contribution in [2.45, 2.75) is 45.1 Å². The number of carbonyl (C=O) groups excluding carboxylic acids is 1. The second-order valence-electron chi connectivity index (χ2n) is 5.47. The number of benzene rings is 1. The molecule has 2 N–H and O–H groups in total. The van der Waals surface area contributed by atoms with Gasteiger partial charge in [-0.05, 0) is 18.6 Å². The van der Waals surface area contributed by atoms with Crippen LogP contribution in [0, 0.1) is 0 Å². The molecule has 1 unspecified atom stereocenters. The van der Waals surface area contributed by atoms with E-state index in [4.69, 9.17) is 9.52 Å². The van der Waals surface area contributed by atoms with Gasteiger partial charge in [0.25, 0.3) is 0 Å². The van der Waals surface area contributed by atoms with Gasteiger partial charge in [-0.15, -0.1) is 10.2 Å². The maximum atomic E-state index is 11.9. The van der Waals surface area contributed by atoms with Gasteiger partial charge < -0.3 is 14.8 Å². The molecule has 0 aliphatic rings. The van der Waals surface area contributed by atoms with Gasteiger partial charge in [0, 0.05) is 18.4 Å². The number of hydrogen-bond acceptors (Lipinski definition) is 5. The topological polar surface area (TPSA) is 105 Å². The van der Waals surface area contributed by atoms with Crippen LogP contribution < -0.4 is 5.32 Å². The second kappa shape index (κ2) is 8.81. The third kappa shape index (κ3) is 5.19. The number of carboxylic acids is 1. The average molecular weight is 331 g/mol. The largest absolute Gasteiger partial charge is 0.480 e. The van der Waals surface area contributed by atoms with Crippen LogP contribution in [0.25, 0.3) is 11.5 Å². The number of carboxylic acid groups (broad SMARTS) is 1. The quantitative estimate of drug-likeness (QED) is 0.731. The van der Waals surface area contributed by atoms with Crippen molar-refractivity contribution in [3.05, 3.63) is 36.2 Å². The number of unbranched alkanes of at least 4 members (excludes halogenated alkanes) is 1. The standard InChI is InChI=1S/C17H21N3O4/c1-2-3-9-13(17(22)23)18-14(21)10-11-15-19-20-16(24-15)12-7-5-4-6-8-12/h4-8,13H,2-3,9-11H2,1H3,(H,18,21)(H,22,23). The molecular weight excluding hydrogens is 310 g/mol. The zero-order valence-corrected chi connectivity index (χ0v) is 13.6. The molecular formula is C17H21N3O4. The van der Waals surface area contributed by atoms with Crippen molar-refractivity contribution in [2.75, 3.05) is 0 Å². The van der Waals surface area contributed by atoms with Gasteiger partial charge in [-0.1, -0.05) is 38.0 Å². The first kappa shape index (κ1) is 17.7. The molecule has 0 radical (unpaired) electrons. The Morgan fingerprint density at radius 1 is 1.25 bits per heavy atom. The number of carbonyl (C=O) groups is 2. The third-order valence-electron chi connectivity index (χ3n) is 3.53. The summed E-state index contributed by atoms with van der Waals surface area (Å²) in [6, 6.07) is 8.50. The van der Waals surface area contributed by atoms with Gasteiger partial charge in [-0.3, -0.25) is 4.79 Å². The van der Waals surface area contributed by atoms with Crippen molar-refractivity contribution in [3.63, 3.8) is 0 Å². The highest BCUT2D eigenvalue weighted by Gasteiger charge is 2.19. The summed E-state index contributed by atoms with van der Waals surface area (Å²) in [5, 5.41) is 19.5. The number of aryl methyl sites for hydroxylation is 1. The van der Waals surface area contributed by atoms with Crippen molar-refractivity contribution in [1.82, 2.24) is 15.5 Å². The van der Waals surface area contributed by atoms with E-state index in [-0.39, 0.29) is 18.7 Å². The Bertz CT molecular complexity index is 669. The molecule has 0 fully saturated rings. The van der Waals surface area contributed by atoms with Gasteiger partial charge in [0.05, 0.1) is 0 Å². The number of rotatable bonds is 9. The Morgan fingerprint density at radius 3 is 2.67 bits per heavy atom. The van der Waals surface area contributed by atoms with Crippen molar-refractivity contribution in [1.29, 1.82) is 0 Å². The smallest absolute Gasteiger partial charge is 0.326 e. The summed E-state index contributed by atoms with van der Waals surface area (Å²) >= 11 is 0. The van der Waals surface area contributed by atoms with E-state index in [9.17, 15) is 9.59 Å². The zero-order chi connectivity index (χ0) is 17.4. The SMILES string of the molecule is CCCCC(NC(=O)CCc1nnc(-c2ccccc2)o1)C(=O)O. The molecule has 0 aliphatic carbocycles. The highest BCUT2D eigenvalue weighted by molar-refractivity contribution is 5.83. The summed E-state index contributed by atoms with van der Waals surface area (Å²) in [5.74, 6) is -0.597. The van der Waals surface area contributed by atoms with Gasteiger partial charge in [-0.25, -0.2) is 4.79 Å². The highest BCUT2D eigenvalue weighted by atomic mass is 16.4. The van der Waals surface area contributed by atoms with Crippen molar-refractivity contribution < 1.29 is 19.1 Å². The Morgan fingerprint density at radius 2 is 2.00 bits per heavy atom. The van der Waals surface area contributed by atoms with Gasteiger partial charge >= 0.3 is 5.97 Å². The van der Waals surface area contributed by atoms with E-state index in [1.807, 2.05) is 37.3 Å². The lowest BCUT2D eigenvalue weighted by atomic mass is 10.1. The molecule has 1 heterocycles. The minimum Gasteiger partial charge on any atom is -0.480 e. The van der Waals surface area contributed by atoms with Gasteiger partial charge in [0.2, 0.25) is 17.7 Å². The third-order valence-corrected chi connectivity index (χ3v) is 3.53. The monoisotopic (exact) mass is 331 g/mol. The van der Waals surface area contributed by atoms with Crippen molar-refractivity contribution in [3.8, 4) is 11.5 Å². The minimum absolute atomic E-state index is 0.104. The fourth-order valence-electron chi connectivity index (χ4n) is 2.20. The molecule has 1 aromatic heterocycles. The second-order valence-corrected chi connectivity index (χ2v) is 5.47. The van der Waals surface area contributed by atoms with Crippen LogP contribution in [0.5, 0.6) is 0 Å². The summed E-state index contributed by atoms with van der Waals surface area (Å²) < 4.78 is 5.52. The summed E-state index contributed by atoms with van der Waals surface area (Å²) in [5.41, 5.74) is 0.811. The molecule has 1 atom stereocenters. The van der Waals surface area contributed by atoms with E-state index in [1.165, 1.54) is 0 Å². The molecule has 1 amide bonds. The van der Waals surface area contributed by atoms with E-state index in [0.29, 0.717) is 18.2 Å². The van der Waals surface area contributed by atoms with Gasteiger partial charge in [0.1, 0.15) is 6.04 Å². The van der Waals surface area contributed by atoms with Crippen LogP contribution in [-0.2, 0) is 16.0 Å². The fraction of sp³-hybridized carbons (Fsp3) is 0.412. The maximum Gasteiger partial charge on any atom is 0.326 e. The van der Waals surface area contributed by atoms with Crippen LogP contribution in [-0.4, -0.2) is 33.2 Å². The Hall–Kier alpha value is -2.70. The zero-order valence-electron chi connectivity index (χ0n) is 13.6. The summed E-state index contributed by atoms with van der Waals surface area (Å²) in [6.45, 7) is 1.97. The van der Waals surface area contributed by atoms with E-state index >= 15 is 0 Å². The fourth-order valence-corrected chi connectivity index (χ4v) is 2.20. The molecule has 24 heavy (non-hydrogen) atoms. The minimum atomic E-state index is -1.01. The average Bonchev–Trinajstić information content (AvgIpc) is 3.06. The molecule has 0 saturated carbocycles. The molecule has 7 nitrogen and oxygen atoms in total. The van der Waals surface area contributed by atoms with Gasteiger partial charge in [0.15, 0.2) is 0 Å².